The Balaban J connectivity index is 1.84. The van der Waals surface area contributed by atoms with Gasteiger partial charge in [0.2, 0.25) is 5.76 Å². The summed E-state index contributed by atoms with van der Waals surface area (Å²) < 4.78 is 44.4. The van der Waals surface area contributed by atoms with Gasteiger partial charge in [-0.1, -0.05) is 0 Å². The van der Waals surface area contributed by atoms with Gasteiger partial charge in [0.25, 0.3) is 10.0 Å². The monoisotopic (exact) mass is 368 g/mol. The quantitative estimate of drug-likeness (QED) is 0.716. The van der Waals surface area contributed by atoms with Crippen molar-refractivity contribution in [2.75, 3.05) is 4.72 Å². The third-order valence-electron chi connectivity index (χ3n) is 2.90. The van der Waals surface area contributed by atoms with E-state index in [4.69, 9.17) is 9.52 Å². The number of aromatic nitrogens is 1. The molecule has 124 valence electrons. The summed E-state index contributed by atoms with van der Waals surface area (Å²) in [5.41, 5.74) is 0.573. The van der Waals surface area contributed by atoms with Gasteiger partial charge in [-0.2, -0.15) is 0 Å². The number of furan rings is 1. The van der Waals surface area contributed by atoms with E-state index in [1.54, 1.807) is 0 Å². The van der Waals surface area contributed by atoms with E-state index in [0.717, 1.165) is 23.7 Å². The fourth-order valence-corrected chi connectivity index (χ4v) is 3.98. The molecule has 3 rings (SSSR count). The van der Waals surface area contributed by atoms with E-state index >= 15 is 0 Å². The van der Waals surface area contributed by atoms with Crippen molar-refractivity contribution >= 4 is 33.0 Å². The molecule has 0 spiro atoms. The number of aromatic carboxylic acids is 1. The molecule has 0 aliphatic carbocycles. The maximum Gasteiger partial charge on any atom is 0.371 e. The van der Waals surface area contributed by atoms with E-state index in [1.807, 2.05) is 0 Å². The van der Waals surface area contributed by atoms with Gasteiger partial charge >= 0.3 is 5.97 Å². The van der Waals surface area contributed by atoms with E-state index in [-0.39, 0.29) is 15.7 Å². The second-order valence-electron chi connectivity index (χ2n) is 4.60. The highest BCUT2D eigenvalue weighted by molar-refractivity contribution is 7.94. The lowest BCUT2D eigenvalue weighted by molar-refractivity contribution is 0.0662. The van der Waals surface area contributed by atoms with Gasteiger partial charge in [-0.3, -0.25) is 4.72 Å². The third-order valence-corrected chi connectivity index (χ3v) is 5.79. The first kappa shape index (κ1) is 16.1. The van der Waals surface area contributed by atoms with Crippen LogP contribution >= 0.6 is 11.3 Å². The summed E-state index contributed by atoms with van der Waals surface area (Å²) in [5.74, 6) is -2.10. The number of hydrogen-bond donors (Lipinski definition) is 2. The molecule has 0 saturated heterocycles. The molecule has 0 atom stereocenters. The van der Waals surface area contributed by atoms with Gasteiger partial charge in [-0.05, 0) is 24.3 Å². The molecule has 0 amide bonds. The SMILES string of the molecule is O=C(O)c1cc(NS(=O)(=O)c2cnc(-c3ccc(F)cc3)s2)co1. The molecule has 2 N–H and O–H groups in total. The number of benzene rings is 1. The van der Waals surface area contributed by atoms with Crippen LogP contribution < -0.4 is 4.72 Å². The molecule has 0 saturated carbocycles. The minimum absolute atomic E-state index is 0.0101. The number of thiazole rings is 1. The Hall–Kier alpha value is -2.72. The van der Waals surface area contributed by atoms with Crippen LogP contribution in [0.1, 0.15) is 10.6 Å². The first-order chi connectivity index (χ1) is 11.3. The third kappa shape index (κ3) is 3.29. The zero-order valence-electron chi connectivity index (χ0n) is 11.8. The number of halogens is 1. The lowest BCUT2D eigenvalue weighted by Gasteiger charge is -2.01. The lowest BCUT2D eigenvalue weighted by atomic mass is 10.2. The van der Waals surface area contributed by atoms with Crippen molar-refractivity contribution in [3.63, 3.8) is 0 Å². The minimum atomic E-state index is -3.94. The van der Waals surface area contributed by atoms with E-state index in [0.29, 0.717) is 10.6 Å². The summed E-state index contributed by atoms with van der Waals surface area (Å²) in [7, 11) is -3.94. The molecule has 24 heavy (non-hydrogen) atoms. The van der Waals surface area contributed by atoms with Crippen LogP contribution in [-0.4, -0.2) is 24.5 Å². The number of anilines is 1. The fraction of sp³-hybridized carbons (Fsp3) is 0. The van der Waals surface area contributed by atoms with Gasteiger partial charge in [0.15, 0.2) is 4.21 Å². The van der Waals surface area contributed by atoms with Crippen LogP contribution in [0.3, 0.4) is 0 Å². The Morgan fingerprint density at radius 1 is 1.29 bits per heavy atom. The Bertz CT molecular complexity index is 992. The fourth-order valence-electron chi connectivity index (χ4n) is 1.82. The summed E-state index contributed by atoms with van der Waals surface area (Å²) in [6.45, 7) is 0. The van der Waals surface area contributed by atoms with Crippen LogP contribution in [0.25, 0.3) is 10.6 Å². The predicted molar refractivity (Wildman–Crippen MR) is 84.0 cm³/mol. The van der Waals surface area contributed by atoms with Gasteiger partial charge in [-0.25, -0.2) is 22.6 Å². The van der Waals surface area contributed by atoms with Gasteiger partial charge in [0, 0.05) is 11.6 Å². The van der Waals surface area contributed by atoms with Crippen molar-refractivity contribution in [1.29, 1.82) is 0 Å². The molecule has 7 nitrogen and oxygen atoms in total. The van der Waals surface area contributed by atoms with Crippen LogP contribution in [0.4, 0.5) is 10.1 Å². The van der Waals surface area contributed by atoms with E-state index in [2.05, 4.69) is 9.71 Å². The molecule has 2 heterocycles. The normalized spacial score (nSPS) is 11.4. The van der Waals surface area contributed by atoms with Crippen molar-refractivity contribution in [3.8, 4) is 10.6 Å². The first-order valence-corrected chi connectivity index (χ1v) is 8.71. The summed E-state index contributed by atoms with van der Waals surface area (Å²) in [6.07, 6.45) is 2.16. The smallest absolute Gasteiger partial charge is 0.371 e. The molecule has 3 aromatic rings. The molecule has 0 bridgehead atoms. The van der Waals surface area contributed by atoms with Crippen molar-refractivity contribution < 1.29 is 27.1 Å². The zero-order valence-corrected chi connectivity index (χ0v) is 13.4. The number of nitrogens with one attached hydrogen (secondary N) is 1. The van der Waals surface area contributed by atoms with E-state index < -0.39 is 21.8 Å². The molecule has 0 radical (unpaired) electrons. The number of carboxylic acid groups (broad SMARTS) is 1. The highest BCUT2D eigenvalue weighted by Gasteiger charge is 2.20. The largest absolute Gasteiger partial charge is 0.475 e. The Morgan fingerprint density at radius 3 is 2.62 bits per heavy atom. The standard InChI is InChI=1S/C14H9FN2O5S2/c15-9-3-1-8(2-4-9)13-16-6-12(23-13)24(20,21)17-10-5-11(14(18)19)22-7-10/h1-7,17H,(H,18,19). The Kier molecular flexibility index (Phi) is 4.08. The van der Waals surface area contributed by atoms with Crippen LogP contribution in [-0.2, 0) is 10.0 Å². The number of sulfonamides is 1. The van der Waals surface area contributed by atoms with Gasteiger partial charge < -0.3 is 9.52 Å². The van der Waals surface area contributed by atoms with E-state index in [9.17, 15) is 17.6 Å². The van der Waals surface area contributed by atoms with Crippen LogP contribution in [0.5, 0.6) is 0 Å². The molecule has 0 aliphatic rings. The van der Waals surface area contributed by atoms with Crippen molar-refractivity contribution in [3.05, 3.63) is 54.4 Å². The van der Waals surface area contributed by atoms with Gasteiger partial charge in [0.05, 0.1) is 11.9 Å². The number of carboxylic acids is 1. The van der Waals surface area contributed by atoms with Crippen molar-refractivity contribution in [1.82, 2.24) is 4.98 Å². The molecule has 10 heteroatoms. The summed E-state index contributed by atoms with van der Waals surface area (Å²) in [4.78, 5) is 14.7. The van der Waals surface area contributed by atoms with Crippen LogP contribution in [0, 0.1) is 5.82 Å². The highest BCUT2D eigenvalue weighted by Crippen LogP contribution is 2.29. The second-order valence-corrected chi connectivity index (χ2v) is 7.54. The highest BCUT2D eigenvalue weighted by atomic mass is 32.2. The first-order valence-electron chi connectivity index (χ1n) is 6.41. The average molecular weight is 368 g/mol. The van der Waals surface area contributed by atoms with Crippen LogP contribution in [0.15, 0.2) is 51.4 Å². The molecule has 2 aromatic heterocycles. The molecule has 0 unspecified atom stereocenters. The number of rotatable bonds is 5. The minimum Gasteiger partial charge on any atom is -0.475 e. The number of nitrogens with zero attached hydrogens (tertiary/aromatic N) is 1. The molecule has 1 aromatic carbocycles. The molecule has 0 fully saturated rings. The molecule has 0 aliphatic heterocycles. The maximum atomic E-state index is 12.9. The van der Waals surface area contributed by atoms with Crippen LogP contribution in [0.2, 0.25) is 0 Å². The average Bonchev–Trinajstić information content (AvgIpc) is 3.17. The molecular formula is C14H9FN2O5S2. The number of carbonyl (C=O) groups is 1. The van der Waals surface area contributed by atoms with Gasteiger partial charge in [-0.15, -0.1) is 11.3 Å². The lowest BCUT2D eigenvalue weighted by Crippen LogP contribution is -2.10. The number of hydrogen-bond acceptors (Lipinski definition) is 6. The van der Waals surface area contributed by atoms with Crippen molar-refractivity contribution in [2.24, 2.45) is 0 Å². The van der Waals surface area contributed by atoms with Crippen molar-refractivity contribution in [2.45, 2.75) is 4.21 Å². The summed E-state index contributed by atoms with van der Waals surface area (Å²) in [5, 5.41) is 9.17. The van der Waals surface area contributed by atoms with E-state index in [1.165, 1.54) is 30.5 Å². The predicted octanol–water partition coefficient (Wildman–Crippen LogP) is 3.04. The second kappa shape index (κ2) is 6.06. The summed E-state index contributed by atoms with van der Waals surface area (Å²) in [6, 6.07) is 6.55. The summed E-state index contributed by atoms with van der Waals surface area (Å²) >= 11 is 0.900. The van der Waals surface area contributed by atoms with Gasteiger partial charge in [0.1, 0.15) is 17.1 Å². The maximum absolute atomic E-state index is 12.9. The molecular weight excluding hydrogens is 359 g/mol. The Morgan fingerprint density at radius 2 is 2.00 bits per heavy atom. The topological polar surface area (TPSA) is 110 Å². The Labute approximate surface area is 139 Å². The zero-order chi connectivity index (χ0) is 17.3.